The van der Waals surface area contributed by atoms with Gasteiger partial charge in [-0.25, -0.2) is 0 Å². The lowest BCUT2D eigenvalue weighted by Gasteiger charge is -2.10. The summed E-state index contributed by atoms with van der Waals surface area (Å²) in [7, 11) is 1.58. The van der Waals surface area contributed by atoms with Crippen molar-refractivity contribution in [2.75, 3.05) is 19.5 Å². The molecule has 2 nitrogen and oxygen atoms in total. The zero-order valence-corrected chi connectivity index (χ0v) is 7.89. The van der Waals surface area contributed by atoms with Crippen LogP contribution in [-0.2, 0) is 21.1 Å². The lowest BCUT2D eigenvalue weighted by molar-refractivity contribution is -0.105. The quantitative estimate of drug-likeness (QED) is 0.488. The van der Waals surface area contributed by atoms with E-state index in [1.165, 1.54) is 11.4 Å². The lowest BCUT2D eigenvalue weighted by Crippen LogP contribution is -1.80. The van der Waals surface area contributed by atoms with E-state index >= 15 is 0 Å². The molecule has 1 atom stereocenters. The fourth-order valence-electron chi connectivity index (χ4n) is 0.219. The standard InChI is InChI=1S/C4H9O2PS2/c1-6-7(2,8)9-4-3-5/h3H,4H2,1-2H3. The predicted molar refractivity (Wildman–Crippen MR) is 45.7 cm³/mol. The van der Waals surface area contributed by atoms with Crippen LogP contribution in [0.1, 0.15) is 0 Å². The molecule has 0 heterocycles. The van der Waals surface area contributed by atoms with E-state index < -0.39 is 5.47 Å². The van der Waals surface area contributed by atoms with Crippen LogP contribution in [0.2, 0.25) is 0 Å². The summed E-state index contributed by atoms with van der Waals surface area (Å²) in [6.45, 7) is 1.86. The van der Waals surface area contributed by atoms with Crippen LogP contribution >= 0.6 is 16.8 Å². The van der Waals surface area contributed by atoms with E-state index in [4.69, 9.17) is 16.3 Å². The second-order valence-corrected chi connectivity index (χ2v) is 9.56. The first-order valence-corrected chi connectivity index (χ1v) is 7.09. The molecular formula is C4H9O2PS2. The average molecular weight is 184 g/mol. The molecule has 0 bridgehead atoms. The summed E-state index contributed by atoms with van der Waals surface area (Å²) in [4.78, 5) is 9.86. The second kappa shape index (κ2) is 4.45. The van der Waals surface area contributed by atoms with Crippen LogP contribution in [0.3, 0.4) is 0 Å². The van der Waals surface area contributed by atoms with Gasteiger partial charge in [-0.2, -0.15) is 0 Å². The zero-order chi connectivity index (χ0) is 7.33. The molecule has 0 N–H and O–H groups in total. The number of rotatable bonds is 4. The molecule has 54 valence electrons. The largest absolute Gasteiger partial charge is 0.345 e. The van der Waals surface area contributed by atoms with E-state index in [9.17, 15) is 4.79 Å². The van der Waals surface area contributed by atoms with E-state index in [1.54, 1.807) is 7.11 Å². The summed E-state index contributed by atoms with van der Waals surface area (Å²) >= 11 is 6.42. The highest BCUT2D eigenvalue weighted by atomic mass is 32.9. The molecule has 9 heavy (non-hydrogen) atoms. The molecule has 0 saturated carbocycles. The van der Waals surface area contributed by atoms with Crippen molar-refractivity contribution >= 4 is 34.9 Å². The molecule has 0 saturated heterocycles. The fourth-order valence-corrected chi connectivity index (χ4v) is 2.51. The highest BCUT2D eigenvalue weighted by molar-refractivity contribution is 8.69. The molecule has 1 unspecified atom stereocenters. The number of carbonyl (C=O) groups excluding carboxylic acids is 1. The molecule has 0 aliphatic carbocycles. The molecule has 5 heteroatoms. The van der Waals surface area contributed by atoms with Gasteiger partial charge in [-0.1, -0.05) is 23.2 Å². The molecule has 0 radical (unpaired) electrons. The number of hydrogen-bond donors (Lipinski definition) is 0. The van der Waals surface area contributed by atoms with Crippen molar-refractivity contribution in [3.05, 3.63) is 0 Å². The van der Waals surface area contributed by atoms with Crippen LogP contribution in [0, 0.1) is 0 Å². The van der Waals surface area contributed by atoms with Gasteiger partial charge in [-0.3, -0.25) is 0 Å². The molecule has 0 amide bonds. The van der Waals surface area contributed by atoms with Crippen LogP contribution in [0.4, 0.5) is 0 Å². The van der Waals surface area contributed by atoms with Crippen molar-refractivity contribution < 1.29 is 9.32 Å². The van der Waals surface area contributed by atoms with Gasteiger partial charge in [0.15, 0.2) is 0 Å². The molecule has 0 aromatic heterocycles. The van der Waals surface area contributed by atoms with Crippen molar-refractivity contribution in [1.29, 1.82) is 0 Å². The molecule has 0 aliphatic rings. The van der Waals surface area contributed by atoms with Crippen molar-refractivity contribution in [3.63, 3.8) is 0 Å². The first-order chi connectivity index (χ1) is 4.12. The maximum atomic E-state index is 9.86. The van der Waals surface area contributed by atoms with Crippen molar-refractivity contribution in [2.24, 2.45) is 0 Å². The predicted octanol–water partition coefficient (Wildman–Crippen LogP) is 1.50. The van der Waals surface area contributed by atoms with Crippen LogP contribution in [-0.4, -0.2) is 25.8 Å². The Kier molecular flexibility index (Phi) is 4.76. The SMILES string of the molecule is COP(C)(=S)SCC=O. The molecule has 0 aromatic carbocycles. The molecule has 0 aromatic rings. The van der Waals surface area contributed by atoms with E-state index in [0.717, 1.165) is 6.29 Å². The van der Waals surface area contributed by atoms with Crippen LogP contribution in [0.25, 0.3) is 0 Å². The molecule has 0 fully saturated rings. The summed E-state index contributed by atoms with van der Waals surface area (Å²) < 4.78 is 4.97. The summed E-state index contributed by atoms with van der Waals surface area (Å²) in [5.74, 6) is 0.446. The lowest BCUT2D eigenvalue weighted by atomic mass is 10.9. The third-order valence-corrected chi connectivity index (χ3v) is 5.82. The molecule has 0 rings (SSSR count). The Hall–Kier alpha value is 0.630. The Morgan fingerprint density at radius 1 is 1.89 bits per heavy atom. The third-order valence-electron chi connectivity index (χ3n) is 0.709. The van der Waals surface area contributed by atoms with E-state index in [-0.39, 0.29) is 0 Å². The normalized spacial score (nSPS) is 16.7. The maximum absolute atomic E-state index is 9.86. The smallest absolute Gasteiger partial charge is 0.130 e. The first-order valence-electron chi connectivity index (χ1n) is 2.34. The Bertz CT molecular complexity index is 137. The summed E-state index contributed by atoms with van der Waals surface area (Å²) in [6.07, 6.45) is 0.842. The Morgan fingerprint density at radius 2 is 2.44 bits per heavy atom. The van der Waals surface area contributed by atoms with Gasteiger partial charge in [0.1, 0.15) is 11.8 Å². The topological polar surface area (TPSA) is 26.3 Å². The van der Waals surface area contributed by atoms with Gasteiger partial charge in [-0.05, 0) is 6.66 Å². The van der Waals surface area contributed by atoms with Gasteiger partial charge in [0.25, 0.3) is 0 Å². The fraction of sp³-hybridized carbons (Fsp3) is 0.750. The van der Waals surface area contributed by atoms with E-state index in [0.29, 0.717) is 5.75 Å². The van der Waals surface area contributed by atoms with Gasteiger partial charge in [0.05, 0.1) is 5.75 Å². The minimum Gasteiger partial charge on any atom is -0.345 e. The maximum Gasteiger partial charge on any atom is 0.130 e. The minimum absolute atomic E-state index is 0.446. The van der Waals surface area contributed by atoms with Gasteiger partial charge in [-0.15, -0.1) is 0 Å². The van der Waals surface area contributed by atoms with Gasteiger partial charge >= 0.3 is 0 Å². The molecule has 0 aliphatic heterocycles. The van der Waals surface area contributed by atoms with Crippen molar-refractivity contribution in [1.82, 2.24) is 0 Å². The van der Waals surface area contributed by atoms with Crippen LogP contribution in [0.15, 0.2) is 0 Å². The third kappa shape index (κ3) is 5.09. The summed E-state index contributed by atoms with van der Waals surface area (Å²) in [5.41, 5.74) is -1.67. The minimum atomic E-state index is -1.67. The Labute approximate surface area is 64.2 Å². The molecular weight excluding hydrogens is 175 g/mol. The van der Waals surface area contributed by atoms with Crippen LogP contribution < -0.4 is 0 Å². The van der Waals surface area contributed by atoms with Gasteiger partial charge in [0.2, 0.25) is 0 Å². The highest BCUT2D eigenvalue weighted by Crippen LogP contribution is 2.55. The van der Waals surface area contributed by atoms with Crippen LogP contribution in [0.5, 0.6) is 0 Å². The van der Waals surface area contributed by atoms with Gasteiger partial charge in [0, 0.05) is 7.11 Å². The van der Waals surface area contributed by atoms with Crippen molar-refractivity contribution in [2.45, 2.75) is 0 Å². The van der Waals surface area contributed by atoms with E-state index in [1.807, 2.05) is 6.66 Å². The number of carbonyl (C=O) groups is 1. The second-order valence-electron chi connectivity index (χ2n) is 1.42. The summed E-state index contributed by atoms with van der Waals surface area (Å²) in [5, 5.41) is 0. The molecule has 0 spiro atoms. The average Bonchev–Trinajstić information content (AvgIpc) is 1.84. The number of hydrogen-bond acceptors (Lipinski definition) is 4. The Morgan fingerprint density at radius 3 is 2.78 bits per heavy atom. The zero-order valence-electron chi connectivity index (χ0n) is 5.36. The monoisotopic (exact) mass is 184 g/mol. The Balaban J connectivity index is 3.58. The van der Waals surface area contributed by atoms with Crippen molar-refractivity contribution in [3.8, 4) is 0 Å². The van der Waals surface area contributed by atoms with Gasteiger partial charge < -0.3 is 9.32 Å². The number of aldehydes is 1. The summed E-state index contributed by atoms with van der Waals surface area (Å²) in [6, 6.07) is 0. The first kappa shape index (κ1) is 9.63. The van der Waals surface area contributed by atoms with E-state index in [2.05, 4.69) is 0 Å². The highest BCUT2D eigenvalue weighted by Gasteiger charge is 2.06.